The van der Waals surface area contributed by atoms with Crippen LogP contribution in [0.2, 0.25) is 0 Å². The number of carbonyl (C=O) groups is 4. The first-order valence-corrected chi connectivity index (χ1v) is 9.61. The molecule has 12 heteroatoms. The van der Waals surface area contributed by atoms with Crippen molar-refractivity contribution in [1.29, 1.82) is 0 Å². The van der Waals surface area contributed by atoms with E-state index in [0.717, 1.165) is 0 Å². The molecule has 8 N–H and O–H groups in total. The number of aliphatic hydroxyl groups is 2. The van der Waals surface area contributed by atoms with Crippen LogP contribution in [0.5, 0.6) is 0 Å². The fourth-order valence-electron chi connectivity index (χ4n) is 1.83. The number of aliphatic hydroxyl groups excluding tert-OH is 2. The number of carboxylic acids is 1. The van der Waals surface area contributed by atoms with Crippen molar-refractivity contribution in [3.63, 3.8) is 0 Å². The number of hydrogen-bond acceptors (Lipinski definition) is 8. The van der Waals surface area contributed by atoms with Gasteiger partial charge < -0.3 is 37.0 Å². The fourth-order valence-corrected chi connectivity index (χ4v) is 2.31. The highest BCUT2D eigenvalue weighted by molar-refractivity contribution is 7.98. The van der Waals surface area contributed by atoms with E-state index in [1.807, 2.05) is 0 Å². The molecule has 0 fully saturated rings. The van der Waals surface area contributed by atoms with Crippen LogP contribution in [0.3, 0.4) is 0 Å². The van der Waals surface area contributed by atoms with E-state index < -0.39 is 60.6 Å². The van der Waals surface area contributed by atoms with Crippen LogP contribution in [0.1, 0.15) is 20.3 Å². The van der Waals surface area contributed by atoms with Crippen molar-refractivity contribution in [2.75, 3.05) is 18.6 Å². The number of aliphatic carboxylic acids is 1. The van der Waals surface area contributed by atoms with Gasteiger partial charge in [-0.1, -0.05) is 0 Å². The van der Waals surface area contributed by atoms with Crippen LogP contribution >= 0.6 is 11.8 Å². The van der Waals surface area contributed by atoms with Gasteiger partial charge in [0.05, 0.1) is 12.7 Å². The third-order valence-corrected chi connectivity index (χ3v) is 4.25. The summed E-state index contributed by atoms with van der Waals surface area (Å²) in [5.41, 5.74) is 5.54. The molecule has 0 saturated carbocycles. The van der Waals surface area contributed by atoms with Crippen molar-refractivity contribution >= 4 is 35.5 Å². The van der Waals surface area contributed by atoms with Crippen LogP contribution in [-0.2, 0) is 19.2 Å². The maximum absolute atomic E-state index is 12.4. The first kappa shape index (κ1) is 25.1. The van der Waals surface area contributed by atoms with Crippen LogP contribution in [0.15, 0.2) is 0 Å². The number of carboxylic acid groups (broad SMARTS) is 1. The predicted molar refractivity (Wildman–Crippen MR) is 98.8 cm³/mol. The third-order valence-electron chi connectivity index (χ3n) is 3.61. The number of thioether (sulfide) groups is 1. The average Bonchev–Trinajstić information content (AvgIpc) is 2.61. The summed E-state index contributed by atoms with van der Waals surface area (Å²) < 4.78 is 0. The van der Waals surface area contributed by atoms with Gasteiger partial charge in [0, 0.05) is 0 Å². The molecule has 27 heavy (non-hydrogen) atoms. The minimum atomic E-state index is -1.39. The lowest BCUT2D eigenvalue weighted by Gasteiger charge is -2.24. The largest absolute Gasteiger partial charge is 0.480 e. The monoisotopic (exact) mass is 408 g/mol. The van der Waals surface area contributed by atoms with E-state index in [0.29, 0.717) is 5.75 Å². The lowest BCUT2D eigenvalue weighted by molar-refractivity contribution is -0.142. The van der Waals surface area contributed by atoms with Gasteiger partial charge in [-0.2, -0.15) is 11.8 Å². The molecule has 0 aromatic rings. The van der Waals surface area contributed by atoms with Crippen LogP contribution in [0.4, 0.5) is 0 Å². The van der Waals surface area contributed by atoms with Crippen molar-refractivity contribution in [2.24, 2.45) is 5.73 Å². The maximum Gasteiger partial charge on any atom is 0.325 e. The van der Waals surface area contributed by atoms with Crippen LogP contribution < -0.4 is 21.7 Å². The van der Waals surface area contributed by atoms with Gasteiger partial charge in [0.2, 0.25) is 17.7 Å². The molecule has 0 aromatic heterocycles. The molecule has 156 valence electrons. The van der Waals surface area contributed by atoms with Crippen LogP contribution in [0.25, 0.3) is 0 Å². The van der Waals surface area contributed by atoms with Crippen molar-refractivity contribution in [3.8, 4) is 0 Å². The zero-order valence-corrected chi connectivity index (χ0v) is 16.3. The molecule has 0 aliphatic rings. The highest BCUT2D eigenvalue weighted by Gasteiger charge is 2.29. The Morgan fingerprint density at radius 2 is 1.52 bits per heavy atom. The van der Waals surface area contributed by atoms with Crippen molar-refractivity contribution in [1.82, 2.24) is 16.0 Å². The Kier molecular flexibility index (Phi) is 11.6. The molecule has 0 aliphatic heterocycles. The number of rotatable bonds is 12. The quantitative estimate of drug-likeness (QED) is 0.176. The molecule has 0 aromatic carbocycles. The lowest BCUT2D eigenvalue weighted by Crippen LogP contribution is -2.58. The van der Waals surface area contributed by atoms with Crippen LogP contribution in [0, 0.1) is 0 Å². The van der Waals surface area contributed by atoms with E-state index in [2.05, 4.69) is 16.0 Å². The standard InChI is InChI=1S/C15H28N4O7S/c1-7(15(25)26)17-13(23)10(6-20)19-12(22)9(4-5-27-3)18-14(24)11(16)8(2)21/h7-11,20-21H,4-6,16H2,1-3H3,(H,17,23)(H,18,24)(H,19,22)(H,25,26). The van der Waals surface area contributed by atoms with E-state index in [-0.39, 0.29) is 6.42 Å². The van der Waals surface area contributed by atoms with Gasteiger partial charge in [0.25, 0.3) is 0 Å². The summed E-state index contributed by atoms with van der Waals surface area (Å²) in [5.74, 6) is -3.13. The molecule has 0 spiro atoms. The number of carbonyl (C=O) groups excluding carboxylic acids is 3. The third kappa shape index (κ3) is 9.04. The minimum Gasteiger partial charge on any atom is -0.480 e. The molecule has 5 unspecified atom stereocenters. The van der Waals surface area contributed by atoms with E-state index in [4.69, 9.17) is 10.8 Å². The predicted octanol–water partition coefficient (Wildman–Crippen LogP) is -3.00. The number of nitrogens with two attached hydrogens (primary N) is 1. The molecule has 3 amide bonds. The van der Waals surface area contributed by atoms with Crippen molar-refractivity contribution in [2.45, 2.75) is 50.5 Å². The molecular weight excluding hydrogens is 380 g/mol. The highest BCUT2D eigenvalue weighted by atomic mass is 32.2. The van der Waals surface area contributed by atoms with Gasteiger partial charge in [-0.15, -0.1) is 0 Å². The highest BCUT2D eigenvalue weighted by Crippen LogP contribution is 2.03. The molecule has 0 radical (unpaired) electrons. The smallest absolute Gasteiger partial charge is 0.325 e. The van der Waals surface area contributed by atoms with E-state index >= 15 is 0 Å². The van der Waals surface area contributed by atoms with Crippen molar-refractivity contribution in [3.05, 3.63) is 0 Å². The molecule has 0 rings (SSSR count). The minimum absolute atomic E-state index is 0.219. The summed E-state index contributed by atoms with van der Waals surface area (Å²) in [6, 6.07) is -4.88. The summed E-state index contributed by atoms with van der Waals surface area (Å²) in [6.45, 7) is 1.80. The van der Waals surface area contributed by atoms with Gasteiger partial charge in [-0.25, -0.2) is 0 Å². The van der Waals surface area contributed by atoms with E-state index in [9.17, 15) is 29.4 Å². The van der Waals surface area contributed by atoms with Gasteiger partial charge >= 0.3 is 5.97 Å². The zero-order valence-electron chi connectivity index (χ0n) is 15.5. The normalized spacial score (nSPS) is 16.4. The maximum atomic E-state index is 12.4. The van der Waals surface area contributed by atoms with E-state index in [1.54, 1.807) is 6.26 Å². The molecule has 0 bridgehead atoms. The molecule has 0 heterocycles. The lowest BCUT2D eigenvalue weighted by atomic mass is 10.1. The second-order valence-electron chi connectivity index (χ2n) is 5.92. The topological polar surface area (TPSA) is 191 Å². The molecule has 0 saturated heterocycles. The van der Waals surface area contributed by atoms with Gasteiger partial charge in [-0.3, -0.25) is 19.2 Å². The number of hydrogen-bond donors (Lipinski definition) is 7. The fraction of sp³-hybridized carbons (Fsp3) is 0.733. The number of amides is 3. The Morgan fingerprint density at radius 3 is 1.96 bits per heavy atom. The summed E-state index contributed by atoms with van der Waals surface area (Å²) >= 11 is 1.43. The Morgan fingerprint density at radius 1 is 1.00 bits per heavy atom. The molecular formula is C15H28N4O7S. The summed E-state index contributed by atoms with van der Waals surface area (Å²) in [5, 5.41) is 34.3. The van der Waals surface area contributed by atoms with Crippen LogP contribution in [-0.4, -0.2) is 87.9 Å². The SMILES string of the molecule is CSCCC(NC(=O)C(N)C(C)O)C(=O)NC(CO)C(=O)NC(C)C(=O)O. The first-order valence-electron chi connectivity index (χ1n) is 8.22. The average molecular weight is 408 g/mol. The molecule has 11 nitrogen and oxygen atoms in total. The summed E-state index contributed by atoms with van der Waals surface area (Å²) in [7, 11) is 0. The first-order chi connectivity index (χ1) is 12.5. The Labute approximate surface area is 161 Å². The Hall–Kier alpha value is -1.89. The Bertz CT molecular complexity index is 532. The van der Waals surface area contributed by atoms with Gasteiger partial charge in [0.15, 0.2) is 0 Å². The second-order valence-corrected chi connectivity index (χ2v) is 6.91. The van der Waals surface area contributed by atoms with E-state index in [1.165, 1.54) is 25.6 Å². The Balaban J connectivity index is 5.05. The van der Waals surface area contributed by atoms with Crippen molar-refractivity contribution < 1.29 is 34.5 Å². The zero-order chi connectivity index (χ0) is 21.1. The summed E-state index contributed by atoms with van der Waals surface area (Å²) in [4.78, 5) is 47.2. The summed E-state index contributed by atoms with van der Waals surface area (Å²) in [6.07, 6.45) is 0.898. The molecule has 0 aliphatic carbocycles. The second kappa shape index (κ2) is 12.5. The molecule has 5 atom stereocenters. The number of nitrogens with one attached hydrogen (secondary N) is 3. The van der Waals surface area contributed by atoms with Gasteiger partial charge in [0.1, 0.15) is 24.2 Å². The van der Waals surface area contributed by atoms with Gasteiger partial charge in [-0.05, 0) is 32.3 Å².